The van der Waals surface area contributed by atoms with Gasteiger partial charge < -0.3 is 5.11 Å². The number of nitrogens with zero attached hydrogens (tertiary/aromatic N) is 2. The maximum atomic E-state index is 11.4. The molecule has 0 radical (unpaired) electrons. The van der Waals surface area contributed by atoms with Crippen LogP contribution in [-0.4, -0.2) is 28.6 Å². The molecule has 0 aliphatic carbocycles. The van der Waals surface area contributed by atoms with Gasteiger partial charge in [0.05, 0.1) is 19.1 Å². The lowest BCUT2D eigenvalue weighted by Gasteiger charge is -2.14. The van der Waals surface area contributed by atoms with Gasteiger partial charge >= 0.3 is 0 Å². The molecule has 2 rings (SSSR count). The molecule has 1 atom stereocenters. The monoisotopic (exact) mass is 192 g/mol. The first-order valence-electron chi connectivity index (χ1n) is 4.58. The molecule has 1 aliphatic rings. The Balaban J connectivity index is 2.23. The van der Waals surface area contributed by atoms with E-state index in [9.17, 15) is 9.90 Å². The van der Waals surface area contributed by atoms with Crippen LogP contribution in [0.25, 0.3) is 0 Å². The lowest BCUT2D eigenvalue weighted by molar-refractivity contribution is -0.117. The number of aromatic nitrogens is 1. The second kappa shape index (κ2) is 3.38. The van der Waals surface area contributed by atoms with Gasteiger partial charge in [0.15, 0.2) is 0 Å². The summed E-state index contributed by atoms with van der Waals surface area (Å²) in [5.74, 6) is 0.561. The Morgan fingerprint density at radius 3 is 2.86 bits per heavy atom. The predicted octanol–water partition coefficient (Wildman–Crippen LogP) is 0.488. The van der Waals surface area contributed by atoms with Gasteiger partial charge in [0.1, 0.15) is 5.82 Å². The van der Waals surface area contributed by atoms with Gasteiger partial charge in [0.2, 0.25) is 5.91 Å². The molecule has 1 amide bonds. The highest BCUT2D eigenvalue weighted by Gasteiger charge is 2.29. The van der Waals surface area contributed by atoms with Crippen molar-refractivity contribution in [1.82, 2.24) is 4.98 Å². The highest BCUT2D eigenvalue weighted by atomic mass is 16.3. The number of aliphatic hydroxyl groups excluding tert-OH is 1. The molecule has 1 aromatic rings. The van der Waals surface area contributed by atoms with E-state index in [1.807, 2.05) is 13.0 Å². The molecule has 2 heterocycles. The molecule has 1 saturated heterocycles. The number of hydrogen-bond acceptors (Lipinski definition) is 3. The largest absolute Gasteiger partial charge is 0.391 e. The molecule has 4 heteroatoms. The molecule has 1 N–H and O–H groups in total. The third-order valence-corrected chi connectivity index (χ3v) is 2.28. The number of carbonyl (C=O) groups is 1. The average Bonchev–Trinajstić information content (AvgIpc) is 2.47. The van der Waals surface area contributed by atoms with E-state index in [2.05, 4.69) is 4.98 Å². The number of amides is 1. The van der Waals surface area contributed by atoms with Crippen molar-refractivity contribution in [2.75, 3.05) is 11.4 Å². The topological polar surface area (TPSA) is 53.4 Å². The van der Waals surface area contributed by atoms with Gasteiger partial charge in [0, 0.05) is 6.20 Å². The van der Waals surface area contributed by atoms with Gasteiger partial charge in [-0.05, 0) is 18.6 Å². The summed E-state index contributed by atoms with van der Waals surface area (Å²) < 4.78 is 0. The van der Waals surface area contributed by atoms with Crippen LogP contribution in [-0.2, 0) is 4.79 Å². The molecule has 0 saturated carbocycles. The summed E-state index contributed by atoms with van der Waals surface area (Å²) in [5.41, 5.74) is 1.06. The first-order chi connectivity index (χ1) is 6.66. The Morgan fingerprint density at radius 2 is 2.36 bits per heavy atom. The summed E-state index contributed by atoms with van der Waals surface area (Å²) in [7, 11) is 0. The summed E-state index contributed by atoms with van der Waals surface area (Å²) in [6.07, 6.45) is 1.37. The average molecular weight is 192 g/mol. The van der Waals surface area contributed by atoms with Crippen LogP contribution in [0.3, 0.4) is 0 Å². The van der Waals surface area contributed by atoms with Gasteiger partial charge in [-0.1, -0.05) is 6.07 Å². The second-order valence-electron chi connectivity index (χ2n) is 3.56. The van der Waals surface area contributed by atoms with Crippen molar-refractivity contribution in [1.29, 1.82) is 0 Å². The van der Waals surface area contributed by atoms with Crippen LogP contribution in [0.4, 0.5) is 5.82 Å². The summed E-state index contributed by atoms with van der Waals surface area (Å²) in [4.78, 5) is 17.1. The van der Waals surface area contributed by atoms with Crippen molar-refractivity contribution in [3.63, 3.8) is 0 Å². The lowest BCUT2D eigenvalue weighted by atomic mass is 10.3. The molecular formula is C10H12N2O2. The summed E-state index contributed by atoms with van der Waals surface area (Å²) in [6.45, 7) is 2.30. The van der Waals surface area contributed by atoms with Crippen LogP contribution in [0.15, 0.2) is 18.3 Å². The van der Waals surface area contributed by atoms with Gasteiger partial charge in [-0.15, -0.1) is 0 Å². The van der Waals surface area contributed by atoms with E-state index in [1.54, 1.807) is 12.3 Å². The number of aryl methyl sites for hydroxylation is 1. The Kier molecular flexibility index (Phi) is 2.21. The van der Waals surface area contributed by atoms with Crippen LogP contribution in [0.1, 0.15) is 12.0 Å². The molecule has 1 unspecified atom stereocenters. The van der Waals surface area contributed by atoms with E-state index in [1.165, 1.54) is 4.90 Å². The number of β-amino-alcohol motifs (C(OH)–C–C–N with tert-alkyl or cyclic N) is 1. The van der Waals surface area contributed by atoms with E-state index in [0.29, 0.717) is 12.4 Å². The molecule has 0 spiro atoms. The van der Waals surface area contributed by atoms with Gasteiger partial charge in [-0.3, -0.25) is 9.69 Å². The molecule has 74 valence electrons. The highest BCUT2D eigenvalue weighted by Crippen LogP contribution is 2.18. The fourth-order valence-corrected chi connectivity index (χ4v) is 1.53. The zero-order valence-electron chi connectivity index (χ0n) is 7.97. The minimum atomic E-state index is -0.550. The van der Waals surface area contributed by atoms with Crippen LogP contribution in [0.5, 0.6) is 0 Å². The highest BCUT2D eigenvalue weighted by molar-refractivity contribution is 5.95. The van der Waals surface area contributed by atoms with Crippen molar-refractivity contribution in [3.8, 4) is 0 Å². The van der Waals surface area contributed by atoms with Crippen molar-refractivity contribution in [3.05, 3.63) is 23.9 Å². The zero-order chi connectivity index (χ0) is 10.1. The van der Waals surface area contributed by atoms with E-state index in [4.69, 9.17) is 0 Å². The minimum Gasteiger partial charge on any atom is -0.391 e. The number of anilines is 1. The molecule has 1 aliphatic heterocycles. The Labute approximate surface area is 82.2 Å². The first-order valence-corrected chi connectivity index (χ1v) is 4.58. The number of pyridine rings is 1. The van der Waals surface area contributed by atoms with Crippen LogP contribution >= 0.6 is 0 Å². The Hall–Kier alpha value is -1.42. The number of carbonyl (C=O) groups excluding carboxylic acids is 1. The molecule has 0 bridgehead atoms. The summed E-state index contributed by atoms with van der Waals surface area (Å²) >= 11 is 0. The number of aliphatic hydroxyl groups is 1. The van der Waals surface area contributed by atoms with Crippen LogP contribution in [0.2, 0.25) is 0 Å². The van der Waals surface area contributed by atoms with Crippen molar-refractivity contribution < 1.29 is 9.90 Å². The quantitative estimate of drug-likeness (QED) is 0.704. The maximum absolute atomic E-state index is 11.4. The lowest BCUT2D eigenvalue weighted by Crippen LogP contribution is -2.26. The van der Waals surface area contributed by atoms with Crippen molar-refractivity contribution in [2.24, 2.45) is 0 Å². The Morgan fingerprint density at radius 1 is 1.57 bits per heavy atom. The third-order valence-electron chi connectivity index (χ3n) is 2.28. The van der Waals surface area contributed by atoms with Gasteiger partial charge in [-0.25, -0.2) is 4.98 Å². The van der Waals surface area contributed by atoms with Gasteiger partial charge in [-0.2, -0.15) is 0 Å². The molecule has 1 aromatic heterocycles. The van der Waals surface area contributed by atoms with Crippen LogP contribution < -0.4 is 4.90 Å². The second-order valence-corrected chi connectivity index (χ2v) is 3.56. The van der Waals surface area contributed by atoms with E-state index in [-0.39, 0.29) is 12.3 Å². The third kappa shape index (κ3) is 1.61. The SMILES string of the molecule is Cc1ccc(N2CC(O)CC2=O)nc1. The predicted molar refractivity (Wildman–Crippen MR) is 52.0 cm³/mol. The van der Waals surface area contributed by atoms with Crippen molar-refractivity contribution in [2.45, 2.75) is 19.4 Å². The summed E-state index contributed by atoms with van der Waals surface area (Å²) in [5, 5.41) is 9.30. The van der Waals surface area contributed by atoms with Crippen LogP contribution in [0, 0.1) is 6.92 Å². The molecule has 4 nitrogen and oxygen atoms in total. The maximum Gasteiger partial charge on any atom is 0.230 e. The van der Waals surface area contributed by atoms with E-state index >= 15 is 0 Å². The minimum absolute atomic E-state index is 0.0612. The van der Waals surface area contributed by atoms with Crippen molar-refractivity contribution >= 4 is 11.7 Å². The fraction of sp³-hybridized carbons (Fsp3) is 0.400. The molecule has 14 heavy (non-hydrogen) atoms. The Bertz CT molecular complexity index is 348. The molecule has 1 fully saturated rings. The molecule has 0 aromatic carbocycles. The molecular weight excluding hydrogens is 180 g/mol. The van der Waals surface area contributed by atoms with Gasteiger partial charge in [0.25, 0.3) is 0 Å². The van der Waals surface area contributed by atoms with E-state index in [0.717, 1.165) is 5.56 Å². The normalized spacial score (nSPS) is 21.7. The van der Waals surface area contributed by atoms with E-state index < -0.39 is 6.10 Å². The number of rotatable bonds is 1. The standard InChI is InChI=1S/C10H12N2O2/c1-7-2-3-9(11-5-7)12-6-8(13)4-10(12)14/h2-3,5,8,13H,4,6H2,1H3. The fourth-order valence-electron chi connectivity index (χ4n) is 1.53. The zero-order valence-corrected chi connectivity index (χ0v) is 7.97. The first kappa shape index (κ1) is 9.15. The smallest absolute Gasteiger partial charge is 0.230 e. The summed E-state index contributed by atoms with van der Waals surface area (Å²) in [6, 6.07) is 3.70. The number of hydrogen-bond donors (Lipinski definition) is 1.